The average Bonchev–Trinajstić information content (AvgIpc) is 2.48. The van der Waals surface area contributed by atoms with Crippen LogP contribution in [0.2, 0.25) is 5.02 Å². The number of nitro benzene ring substituents is 1. The zero-order valence-electron chi connectivity index (χ0n) is 11.1. The number of carboxylic acid groups (broad SMARTS) is 1. The fourth-order valence-electron chi connectivity index (χ4n) is 1.66. The van der Waals surface area contributed by atoms with Crippen molar-refractivity contribution in [2.45, 2.75) is 9.79 Å². The molecule has 0 aliphatic rings. The first-order valence-electron chi connectivity index (χ1n) is 6.08. The van der Waals surface area contributed by atoms with Gasteiger partial charge in [-0.1, -0.05) is 29.4 Å². The second-order valence-corrected chi connectivity index (χ2v) is 5.76. The number of aliphatic carboxylic acids is 1. The monoisotopic (exact) mass is 335 g/mol. The molecule has 0 saturated carbocycles. The first kappa shape index (κ1) is 16.1. The van der Waals surface area contributed by atoms with Gasteiger partial charge in [-0.25, -0.2) is 4.79 Å². The summed E-state index contributed by atoms with van der Waals surface area (Å²) in [5.41, 5.74) is 0.377. The molecule has 0 radical (unpaired) electrons. The van der Waals surface area contributed by atoms with Crippen LogP contribution in [0.25, 0.3) is 6.08 Å². The van der Waals surface area contributed by atoms with Gasteiger partial charge in [-0.2, -0.15) is 0 Å². The van der Waals surface area contributed by atoms with Gasteiger partial charge in [0.05, 0.1) is 9.82 Å². The van der Waals surface area contributed by atoms with Crippen LogP contribution in [0.4, 0.5) is 5.69 Å². The third-order valence-corrected chi connectivity index (χ3v) is 3.96. The molecule has 1 N–H and O–H groups in total. The summed E-state index contributed by atoms with van der Waals surface area (Å²) in [4.78, 5) is 22.5. The van der Waals surface area contributed by atoms with Gasteiger partial charge in [0.15, 0.2) is 0 Å². The molecule has 112 valence electrons. The van der Waals surface area contributed by atoms with E-state index in [9.17, 15) is 14.9 Å². The number of hydrogen-bond acceptors (Lipinski definition) is 4. The van der Waals surface area contributed by atoms with Crippen molar-refractivity contribution in [3.05, 3.63) is 69.2 Å². The number of halogens is 1. The molecule has 2 aromatic carbocycles. The molecule has 0 saturated heterocycles. The first-order valence-corrected chi connectivity index (χ1v) is 7.28. The maximum Gasteiger partial charge on any atom is 0.328 e. The molecule has 0 amide bonds. The van der Waals surface area contributed by atoms with Gasteiger partial charge in [-0.3, -0.25) is 10.1 Å². The lowest BCUT2D eigenvalue weighted by atomic mass is 10.2. The average molecular weight is 336 g/mol. The first-order chi connectivity index (χ1) is 10.5. The molecule has 5 nitrogen and oxygen atoms in total. The summed E-state index contributed by atoms with van der Waals surface area (Å²) in [6, 6.07) is 11.5. The number of nitrogens with zero attached hydrogens (tertiary/aromatic N) is 1. The van der Waals surface area contributed by atoms with Crippen molar-refractivity contribution in [3.63, 3.8) is 0 Å². The molecule has 0 bridgehead atoms. The molecule has 0 fully saturated rings. The van der Waals surface area contributed by atoms with Crippen LogP contribution in [-0.4, -0.2) is 16.0 Å². The van der Waals surface area contributed by atoms with E-state index in [0.29, 0.717) is 15.5 Å². The predicted octanol–water partition coefficient (Wildman–Crippen LogP) is 4.50. The molecule has 0 aromatic heterocycles. The molecule has 2 aromatic rings. The van der Waals surface area contributed by atoms with Gasteiger partial charge in [-0.05, 0) is 42.0 Å². The quantitative estimate of drug-likeness (QED) is 0.494. The fourth-order valence-corrected chi connectivity index (χ4v) is 2.69. The molecular formula is C15H10ClNO4S. The zero-order chi connectivity index (χ0) is 16.1. The summed E-state index contributed by atoms with van der Waals surface area (Å²) in [6.45, 7) is 0. The molecule has 0 atom stereocenters. The van der Waals surface area contributed by atoms with Crippen molar-refractivity contribution in [1.82, 2.24) is 0 Å². The maximum atomic E-state index is 11.2. The smallest absolute Gasteiger partial charge is 0.328 e. The third kappa shape index (κ3) is 4.34. The Kier molecular flexibility index (Phi) is 5.19. The Hall–Kier alpha value is -2.31. The van der Waals surface area contributed by atoms with E-state index in [2.05, 4.69) is 0 Å². The molecule has 7 heteroatoms. The number of rotatable bonds is 5. The van der Waals surface area contributed by atoms with Gasteiger partial charge >= 0.3 is 5.97 Å². The van der Waals surface area contributed by atoms with Crippen molar-refractivity contribution in [3.8, 4) is 0 Å². The summed E-state index contributed by atoms with van der Waals surface area (Å²) >= 11 is 7.05. The molecule has 0 aliphatic carbocycles. The zero-order valence-corrected chi connectivity index (χ0v) is 12.7. The van der Waals surface area contributed by atoms with Gasteiger partial charge < -0.3 is 5.11 Å². The van der Waals surface area contributed by atoms with E-state index in [4.69, 9.17) is 16.7 Å². The second-order valence-electron chi connectivity index (χ2n) is 4.21. The fraction of sp³-hybridized carbons (Fsp3) is 0. The van der Waals surface area contributed by atoms with Gasteiger partial charge in [0.1, 0.15) is 0 Å². The highest BCUT2D eigenvalue weighted by atomic mass is 35.5. The van der Waals surface area contributed by atoms with Crippen LogP contribution in [0.15, 0.2) is 58.3 Å². The van der Waals surface area contributed by atoms with E-state index >= 15 is 0 Å². The van der Waals surface area contributed by atoms with Crippen LogP contribution in [0.1, 0.15) is 5.56 Å². The largest absolute Gasteiger partial charge is 0.478 e. The molecule has 2 rings (SSSR count). The van der Waals surface area contributed by atoms with E-state index in [1.807, 2.05) is 0 Å². The van der Waals surface area contributed by atoms with Crippen molar-refractivity contribution in [2.24, 2.45) is 0 Å². The van der Waals surface area contributed by atoms with Crippen molar-refractivity contribution >= 4 is 41.1 Å². The Bertz CT molecular complexity index is 744. The Labute approximate surface area is 135 Å². The summed E-state index contributed by atoms with van der Waals surface area (Å²) in [5.74, 6) is -1.11. The predicted molar refractivity (Wildman–Crippen MR) is 85.3 cm³/mol. The molecular weight excluding hydrogens is 326 g/mol. The van der Waals surface area contributed by atoms with Crippen LogP contribution >= 0.6 is 23.4 Å². The Morgan fingerprint density at radius 2 is 1.91 bits per heavy atom. The molecule has 0 unspecified atom stereocenters. The number of hydrogen-bond donors (Lipinski definition) is 1. The van der Waals surface area contributed by atoms with Crippen LogP contribution in [0.3, 0.4) is 0 Å². The highest BCUT2D eigenvalue weighted by Crippen LogP contribution is 2.35. The Morgan fingerprint density at radius 1 is 1.23 bits per heavy atom. The standard InChI is InChI=1S/C15H10ClNO4S/c16-11-3-5-12(6-4-11)22-14-7-1-10(2-8-15(18)19)9-13(14)17(20)21/h1-9H,(H,18,19)/b8-2-. The number of benzene rings is 2. The van der Waals surface area contributed by atoms with Gasteiger partial charge in [-0.15, -0.1) is 0 Å². The van der Waals surface area contributed by atoms with Crippen LogP contribution in [0, 0.1) is 10.1 Å². The number of carbonyl (C=O) groups is 1. The van der Waals surface area contributed by atoms with E-state index < -0.39 is 10.9 Å². The summed E-state index contributed by atoms with van der Waals surface area (Å²) in [7, 11) is 0. The minimum absolute atomic E-state index is 0.0764. The van der Waals surface area contributed by atoms with Gasteiger partial charge in [0.2, 0.25) is 0 Å². The Morgan fingerprint density at radius 3 is 2.50 bits per heavy atom. The van der Waals surface area contributed by atoms with Gasteiger partial charge in [0, 0.05) is 22.1 Å². The normalized spacial score (nSPS) is 10.8. The molecule has 0 heterocycles. The lowest BCUT2D eigenvalue weighted by Crippen LogP contribution is -1.92. The van der Waals surface area contributed by atoms with Crippen molar-refractivity contribution in [1.29, 1.82) is 0 Å². The van der Waals surface area contributed by atoms with E-state index in [1.165, 1.54) is 23.9 Å². The summed E-state index contributed by atoms with van der Waals surface area (Å²) < 4.78 is 0. The van der Waals surface area contributed by atoms with Crippen LogP contribution < -0.4 is 0 Å². The minimum Gasteiger partial charge on any atom is -0.478 e. The highest BCUT2D eigenvalue weighted by molar-refractivity contribution is 7.99. The van der Waals surface area contributed by atoms with Gasteiger partial charge in [0.25, 0.3) is 5.69 Å². The minimum atomic E-state index is -1.11. The van der Waals surface area contributed by atoms with E-state index in [1.54, 1.807) is 36.4 Å². The lowest BCUT2D eigenvalue weighted by molar-refractivity contribution is -0.387. The summed E-state index contributed by atoms with van der Waals surface area (Å²) in [6.07, 6.45) is 2.25. The lowest BCUT2D eigenvalue weighted by Gasteiger charge is -2.04. The van der Waals surface area contributed by atoms with E-state index in [0.717, 1.165) is 11.0 Å². The maximum absolute atomic E-state index is 11.2. The Balaban J connectivity index is 2.32. The number of carboxylic acids is 1. The SMILES string of the molecule is O=C(O)/C=C\c1ccc(Sc2ccc(Cl)cc2)c([N+](=O)[O-])c1. The second kappa shape index (κ2) is 7.11. The topological polar surface area (TPSA) is 80.4 Å². The summed E-state index contributed by atoms with van der Waals surface area (Å²) in [5, 5.41) is 20.4. The van der Waals surface area contributed by atoms with Crippen LogP contribution in [-0.2, 0) is 4.79 Å². The molecule has 22 heavy (non-hydrogen) atoms. The van der Waals surface area contributed by atoms with E-state index in [-0.39, 0.29) is 5.69 Å². The van der Waals surface area contributed by atoms with Crippen molar-refractivity contribution in [2.75, 3.05) is 0 Å². The molecule has 0 aliphatic heterocycles. The highest BCUT2D eigenvalue weighted by Gasteiger charge is 2.15. The third-order valence-electron chi connectivity index (χ3n) is 2.64. The number of nitro groups is 1. The van der Waals surface area contributed by atoms with Crippen LogP contribution in [0.5, 0.6) is 0 Å². The van der Waals surface area contributed by atoms with Crippen molar-refractivity contribution < 1.29 is 14.8 Å². The molecule has 0 spiro atoms.